The number of rotatable bonds is 9. The molecule has 0 spiro atoms. The molecule has 3 N–H and O–H groups in total. The van der Waals surface area contributed by atoms with Gasteiger partial charge in [-0.2, -0.15) is 0 Å². The predicted molar refractivity (Wildman–Crippen MR) is 111 cm³/mol. The van der Waals surface area contributed by atoms with Crippen LogP contribution in [0.25, 0.3) is 11.3 Å². The number of hydrogen-bond donors (Lipinski definition) is 3. The van der Waals surface area contributed by atoms with E-state index in [2.05, 4.69) is 10.5 Å². The van der Waals surface area contributed by atoms with Gasteiger partial charge in [-0.1, -0.05) is 42.6 Å². The van der Waals surface area contributed by atoms with E-state index in [1.165, 1.54) is 6.42 Å². The van der Waals surface area contributed by atoms with Crippen molar-refractivity contribution in [3.8, 4) is 11.3 Å². The minimum absolute atomic E-state index is 0.0460. The fourth-order valence-electron chi connectivity index (χ4n) is 3.90. The number of ketones is 1. The normalized spacial score (nSPS) is 16.8. The largest absolute Gasteiger partial charge is 0.356 e. The topological polar surface area (TPSA) is 95.6 Å². The maximum Gasteiger partial charge on any atom is 0.275 e. The van der Waals surface area contributed by atoms with Gasteiger partial charge in [0.2, 0.25) is 0 Å². The number of benzene rings is 1. The summed E-state index contributed by atoms with van der Waals surface area (Å²) in [5, 5.41) is 6.93. The van der Waals surface area contributed by atoms with Crippen LogP contribution in [-0.2, 0) is 4.79 Å². The summed E-state index contributed by atoms with van der Waals surface area (Å²) in [6.45, 7) is 2.11. The molecule has 1 aromatic carbocycles. The molecule has 1 aromatic heterocycles. The Morgan fingerprint density at radius 2 is 2.07 bits per heavy atom. The van der Waals surface area contributed by atoms with Gasteiger partial charge < -0.3 is 9.84 Å². The standard InChI is InChI=1S/C21H30N2O4P/c1-16(18-8-5-9-19(12-18)21-10-11-23-27-21)22-13-20(24)15-28(25,26)14-17-6-3-2-4-7-17/h5,8-12,16-17,22,25-26H,2-4,6-7,13-15H2,1H3/q+1. The average molecular weight is 405 g/mol. The first kappa shape index (κ1) is 21.1. The second-order valence-electron chi connectivity index (χ2n) is 7.87. The molecule has 0 radical (unpaired) electrons. The molecule has 0 amide bonds. The summed E-state index contributed by atoms with van der Waals surface area (Å²) in [6.07, 6.45) is 7.53. The zero-order chi connectivity index (χ0) is 20.0. The quantitative estimate of drug-likeness (QED) is 0.547. The third-order valence-corrected chi connectivity index (χ3v) is 7.38. The lowest BCUT2D eigenvalue weighted by Crippen LogP contribution is -2.29. The maximum absolute atomic E-state index is 12.3. The number of nitrogens with one attached hydrogen (secondary N) is 1. The number of nitrogens with zero attached hydrogens (tertiary/aromatic N) is 1. The Balaban J connectivity index is 1.49. The summed E-state index contributed by atoms with van der Waals surface area (Å²) < 4.78 is 5.19. The number of carbonyl (C=O) groups is 1. The fraction of sp³-hybridized carbons (Fsp3) is 0.524. The van der Waals surface area contributed by atoms with Crippen molar-refractivity contribution in [3.05, 3.63) is 42.1 Å². The van der Waals surface area contributed by atoms with Gasteiger partial charge >= 0.3 is 0 Å². The van der Waals surface area contributed by atoms with Gasteiger partial charge in [-0.25, -0.2) is 9.79 Å². The molecule has 1 aliphatic carbocycles. The van der Waals surface area contributed by atoms with Crippen molar-refractivity contribution >= 4 is 13.5 Å². The van der Waals surface area contributed by atoms with Crippen LogP contribution >= 0.6 is 7.72 Å². The molecule has 3 rings (SSSR count). The van der Waals surface area contributed by atoms with E-state index in [9.17, 15) is 14.6 Å². The maximum atomic E-state index is 12.3. The third-order valence-electron chi connectivity index (χ3n) is 5.42. The lowest BCUT2D eigenvalue weighted by molar-refractivity contribution is -0.116. The van der Waals surface area contributed by atoms with Crippen molar-refractivity contribution in [3.63, 3.8) is 0 Å². The zero-order valence-electron chi connectivity index (χ0n) is 16.4. The van der Waals surface area contributed by atoms with E-state index in [0.717, 1.165) is 36.8 Å². The van der Waals surface area contributed by atoms with Crippen molar-refractivity contribution in [1.82, 2.24) is 10.5 Å². The highest BCUT2D eigenvalue weighted by Gasteiger charge is 2.39. The van der Waals surface area contributed by atoms with Crippen LogP contribution in [-0.4, -0.2) is 39.6 Å². The Morgan fingerprint density at radius 1 is 1.29 bits per heavy atom. The monoisotopic (exact) mass is 405 g/mol. The van der Waals surface area contributed by atoms with Crippen molar-refractivity contribution in [2.75, 3.05) is 18.9 Å². The minimum atomic E-state index is -3.15. The van der Waals surface area contributed by atoms with E-state index in [1.54, 1.807) is 12.3 Å². The van der Waals surface area contributed by atoms with E-state index in [4.69, 9.17) is 4.52 Å². The summed E-state index contributed by atoms with van der Waals surface area (Å²) in [6, 6.07) is 9.63. The third kappa shape index (κ3) is 6.21. The van der Waals surface area contributed by atoms with Crippen LogP contribution in [0.2, 0.25) is 0 Å². The van der Waals surface area contributed by atoms with Crippen LogP contribution in [0.5, 0.6) is 0 Å². The first-order chi connectivity index (χ1) is 13.4. The molecule has 1 aliphatic rings. The van der Waals surface area contributed by atoms with Crippen molar-refractivity contribution in [2.24, 2.45) is 5.92 Å². The van der Waals surface area contributed by atoms with E-state index in [1.807, 2.05) is 31.2 Å². The van der Waals surface area contributed by atoms with Gasteiger partial charge in [-0.15, -0.1) is 0 Å². The van der Waals surface area contributed by atoms with Crippen LogP contribution in [0.4, 0.5) is 0 Å². The fourth-order valence-corrected chi connectivity index (χ4v) is 5.89. The molecule has 7 heteroatoms. The highest BCUT2D eigenvalue weighted by molar-refractivity contribution is 7.65. The number of Topliss-reactive ketones (excluding diaryl/α,β-unsaturated/α-hetero) is 1. The highest BCUT2D eigenvalue weighted by atomic mass is 31.2. The average Bonchev–Trinajstić information content (AvgIpc) is 3.21. The molecule has 0 aliphatic heterocycles. The summed E-state index contributed by atoms with van der Waals surface area (Å²) in [4.78, 5) is 33.0. The Kier molecular flexibility index (Phi) is 7.36. The molecule has 152 valence electrons. The molecule has 0 saturated heterocycles. The Morgan fingerprint density at radius 3 is 2.79 bits per heavy atom. The minimum Gasteiger partial charge on any atom is -0.356 e. The molecule has 1 saturated carbocycles. The SMILES string of the molecule is CC(NCC(=O)C[P+](O)(O)CC1CCCCC1)c1cccc(-c2ccno2)c1. The van der Waals surface area contributed by atoms with Gasteiger partial charge in [-0.05, 0) is 37.3 Å². The predicted octanol–water partition coefficient (Wildman–Crippen LogP) is 3.97. The Hall–Kier alpha value is -1.59. The molecule has 0 bridgehead atoms. The molecule has 1 atom stereocenters. The Labute approximate surface area is 166 Å². The van der Waals surface area contributed by atoms with E-state index >= 15 is 0 Å². The summed E-state index contributed by atoms with van der Waals surface area (Å²) in [7, 11) is -3.15. The lowest BCUT2D eigenvalue weighted by atomic mass is 9.91. The Bertz CT molecular complexity index is 758. The van der Waals surface area contributed by atoms with Crippen LogP contribution in [0.15, 0.2) is 41.1 Å². The van der Waals surface area contributed by atoms with Gasteiger partial charge in [0.1, 0.15) is 6.16 Å². The zero-order valence-corrected chi connectivity index (χ0v) is 17.3. The molecular weight excluding hydrogens is 375 g/mol. The molecule has 28 heavy (non-hydrogen) atoms. The van der Waals surface area contributed by atoms with E-state index in [0.29, 0.717) is 17.8 Å². The second kappa shape index (κ2) is 9.75. The first-order valence-electron chi connectivity index (χ1n) is 10.0. The van der Waals surface area contributed by atoms with Gasteiger partial charge in [0.25, 0.3) is 7.72 Å². The van der Waals surface area contributed by atoms with Gasteiger partial charge in [0.05, 0.1) is 12.7 Å². The van der Waals surface area contributed by atoms with Crippen LogP contribution in [0, 0.1) is 5.92 Å². The van der Waals surface area contributed by atoms with Crippen molar-refractivity contribution < 1.29 is 19.1 Å². The van der Waals surface area contributed by atoms with Gasteiger partial charge in [0.15, 0.2) is 17.7 Å². The van der Waals surface area contributed by atoms with E-state index < -0.39 is 7.72 Å². The smallest absolute Gasteiger partial charge is 0.275 e. The second-order valence-corrected chi connectivity index (χ2v) is 10.3. The molecule has 1 unspecified atom stereocenters. The van der Waals surface area contributed by atoms with Crippen molar-refractivity contribution in [1.29, 1.82) is 0 Å². The highest BCUT2D eigenvalue weighted by Crippen LogP contribution is 2.53. The number of aromatic nitrogens is 1. The molecule has 2 aromatic rings. The van der Waals surface area contributed by atoms with Crippen LogP contribution in [0.3, 0.4) is 0 Å². The number of carbonyl (C=O) groups excluding carboxylic acids is 1. The first-order valence-corrected chi connectivity index (χ1v) is 12.1. The molecule has 6 nitrogen and oxygen atoms in total. The summed E-state index contributed by atoms with van der Waals surface area (Å²) >= 11 is 0. The lowest BCUT2D eigenvalue weighted by Gasteiger charge is -2.23. The van der Waals surface area contributed by atoms with Gasteiger partial charge in [0, 0.05) is 17.7 Å². The molecule has 1 heterocycles. The van der Waals surface area contributed by atoms with Crippen molar-refractivity contribution in [2.45, 2.75) is 45.1 Å². The van der Waals surface area contributed by atoms with Crippen LogP contribution in [0.1, 0.15) is 50.6 Å². The van der Waals surface area contributed by atoms with Crippen LogP contribution < -0.4 is 5.32 Å². The summed E-state index contributed by atoms with van der Waals surface area (Å²) in [5.74, 6) is 0.908. The summed E-state index contributed by atoms with van der Waals surface area (Å²) in [5.41, 5.74) is 1.95. The molecule has 1 fully saturated rings. The van der Waals surface area contributed by atoms with E-state index in [-0.39, 0.29) is 24.5 Å². The van der Waals surface area contributed by atoms with Gasteiger partial charge in [-0.3, -0.25) is 4.79 Å². The number of hydrogen-bond acceptors (Lipinski definition) is 6. The molecular formula is C21H30N2O4P+.